The van der Waals surface area contributed by atoms with Crippen LogP contribution in [0.1, 0.15) is 36.8 Å². The number of rotatable bonds is 2. The van der Waals surface area contributed by atoms with Crippen molar-refractivity contribution in [3.05, 3.63) is 29.1 Å². The SMILES string of the molecule is CCc1nn2ccc3c(c2c1C(C)O)CCO3. The molecule has 0 aromatic carbocycles. The van der Waals surface area contributed by atoms with Crippen molar-refractivity contribution in [2.45, 2.75) is 32.8 Å². The lowest BCUT2D eigenvalue weighted by atomic mass is 10.0. The van der Waals surface area contributed by atoms with E-state index in [1.807, 2.05) is 16.8 Å². The molecule has 3 rings (SSSR count). The predicted molar refractivity (Wildman–Crippen MR) is 64.4 cm³/mol. The number of nitrogens with zero attached hydrogens (tertiary/aromatic N) is 2. The van der Waals surface area contributed by atoms with Crippen LogP contribution in [0.4, 0.5) is 0 Å². The number of hydrogen-bond acceptors (Lipinski definition) is 3. The maximum Gasteiger partial charge on any atom is 0.126 e. The Hall–Kier alpha value is -1.55. The van der Waals surface area contributed by atoms with Crippen LogP contribution in [-0.2, 0) is 12.8 Å². The van der Waals surface area contributed by atoms with Crippen LogP contribution in [0.5, 0.6) is 5.75 Å². The number of hydrogen-bond donors (Lipinski definition) is 1. The molecule has 3 heterocycles. The minimum atomic E-state index is -0.491. The summed E-state index contributed by atoms with van der Waals surface area (Å²) in [5, 5.41) is 14.5. The molecule has 0 radical (unpaired) electrons. The highest BCUT2D eigenvalue weighted by Crippen LogP contribution is 2.34. The van der Waals surface area contributed by atoms with Crippen LogP contribution in [0.15, 0.2) is 12.3 Å². The second-order valence-electron chi connectivity index (χ2n) is 4.44. The Bertz CT molecular complexity index is 572. The fraction of sp³-hybridized carbons (Fsp3) is 0.462. The van der Waals surface area contributed by atoms with Crippen molar-refractivity contribution in [3.63, 3.8) is 0 Å². The van der Waals surface area contributed by atoms with Gasteiger partial charge in [0.1, 0.15) is 5.75 Å². The summed E-state index contributed by atoms with van der Waals surface area (Å²) in [6.07, 6.45) is 3.14. The Kier molecular flexibility index (Phi) is 2.33. The first-order valence-corrected chi connectivity index (χ1v) is 6.06. The van der Waals surface area contributed by atoms with Gasteiger partial charge in [-0.3, -0.25) is 0 Å². The second-order valence-corrected chi connectivity index (χ2v) is 4.44. The van der Waals surface area contributed by atoms with Gasteiger partial charge in [-0.15, -0.1) is 0 Å². The summed E-state index contributed by atoms with van der Waals surface area (Å²) in [5.74, 6) is 0.932. The first-order valence-electron chi connectivity index (χ1n) is 6.06. The Labute approximate surface area is 99.8 Å². The number of aromatic nitrogens is 2. The zero-order valence-electron chi connectivity index (χ0n) is 10.1. The molecule has 4 nitrogen and oxygen atoms in total. The van der Waals surface area contributed by atoms with Gasteiger partial charge in [-0.05, 0) is 19.4 Å². The zero-order chi connectivity index (χ0) is 12.0. The number of fused-ring (bicyclic) bond motifs is 3. The van der Waals surface area contributed by atoms with Gasteiger partial charge in [-0.2, -0.15) is 5.10 Å². The summed E-state index contributed by atoms with van der Waals surface area (Å²) in [6, 6.07) is 1.95. The van der Waals surface area contributed by atoms with Crippen LogP contribution in [0.2, 0.25) is 0 Å². The van der Waals surface area contributed by atoms with Crippen molar-refractivity contribution in [1.29, 1.82) is 0 Å². The Morgan fingerprint density at radius 3 is 3.12 bits per heavy atom. The Balaban J connectivity index is 2.37. The molecule has 0 amide bonds. The van der Waals surface area contributed by atoms with Crippen LogP contribution in [0, 0.1) is 0 Å². The van der Waals surface area contributed by atoms with Crippen molar-refractivity contribution in [2.24, 2.45) is 0 Å². The van der Waals surface area contributed by atoms with E-state index in [-0.39, 0.29) is 0 Å². The van der Waals surface area contributed by atoms with Gasteiger partial charge < -0.3 is 9.84 Å². The molecule has 4 heteroatoms. The maximum atomic E-state index is 9.96. The molecule has 0 spiro atoms. The Morgan fingerprint density at radius 1 is 1.59 bits per heavy atom. The molecule has 2 aromatic heterocycles. The van der Waals surface area contributed by atoms with Gasteiger partial charge in [0.2, 0.25) is 0 Å². The highest BCUT2D eigenvalue weighted by molar-refractivity contribution is 5.68. The standard InChI is InChI=1S/C13H16N2O2/c1-3-10-12(8(2)16)13-9-5-7-17-11(9)4-6-15(13)14-10/h4,6,8,16H,3,5,7H2,1-2H3. The second kappa shape index (κ2) is 3.74. The average molecular weight is 232 g/mol. The third kappa shape index (κ3) is 1.44. The van der Waals surface area contributed by atoms with E-state index in [0.717, 1.165) is 42.0 Å². The van der Waals surface area contributed by atoms with Gasteiger partial charge in [-0.1, -0.05) is 6.92 Å². The van der Waals surface area contributed by atoms with Crippen LogP contribution in [-0.4, -0.2) is 21.3 Å². The number of ether oxygens (including phenoxy) is 1. The lowest BCUT2D eigenvalue weighted by Gasteiger charge is -2.07. The smallest absolute Gasteiger partial charge is 0.126 e. The molecule has 0 fully saturated rings. The fourth-order valence-corrected chi connectivity index (χ4v) is 2.60. The van der Waals surface area contributed by atoms with Gasteiger partial charge in [0.25, 0.3) is 0 Å². The van der Waals surface area contributed by atoms with Crippen molar-refractivity contribution in [3.8, 4) is 5.75 Å². The molecule has 1 N–H and O–H groups in total. The molecule has 0 bridgehead atoms. The third-order valence-electron chi connectivity index (χ3n) is 3.34. The van der Waals surface area contributed by atoms with Crippen molar-refractivity contribution in [1.82, 2.24) is 9.61 Å². The zero-order valence-corrected chi connectivity index (χ0v) is 10.1. The lowest BCUT2D eigenvalue weighted by Crippen LogP contribution is -1.96. The van der Waals surface area contributed by atoms with Gasteiger partial charge in [0, 0.05) is 23.7 Å². The van der Waals surface area contributed by atoms with Gasteiger partial charge in [0.05, 0.1) is 23.9 Å². The minimum absolute atomic E-state index is 0.491. The van der Waals surface area contributed by atoms with Crippen molar-refractivity contribution < 1.29 is 9.84 Å². The summed E-state index contributed by atoms with van der Waals surface area (Å²) in [6.45, 7) is 4.58. The van der Waals surface area contributed by atoms with Crippen molar-refractivity contribution >= 4 is 5.52 Å². The lowest BCUT2D eigenvalue weighted by molar-refractivity contribution is 0.199. The quantitative estimate of drug-likeness (QED) is 0.860. The summed E-state index contributed by atoms with van der Waals surface area (Å²) in [5.41, 5.74) is 4.14. The molecule has 2 aromatic rings. The first-order chi connectivity index (χ1) is 8.22. The first kappa shape index (κ1) is 10.6. The predicted octanol–water partition coefficient (Wildman–Crippen LogP) is 1.88. The number of aryl methyl sites for hydroxylation is 1. The highest BCUT2D eigenvalue weighted by atomic mass is 16.5. The summed E-state index contributed by atoms with van der Waals surface area (Å²) >= 11 is 0. The molecule has 90 valence electrons. The molecule has 1 atom stereocenters. The van der Waals surface area contributed by atoms with Crippen LogP contribution in [0.3, 0.4) is 0 Å². The molecule has 1 aliphatic heterocycles. The fourth-order valence-electron chi connectivity index (χ4n) is 2.60. The normalized spacial score (nSPS) is 15.9. The van der Waals surface area contributed by atoms with E-state index in [9.17, 15) is 5.11 Å². The van der Waals surface area contributed by atoms with Gasteiger partial charge in [-0.25, -0.2) is 4.52 Å². The van der Waals surface area contributed by atoms with Gasteiger partial charge >= 0.3 is 0 Å². The molecule has 1 unspecified atom stereocenters. The van der Waals surface area contributed by atoms with Crippen molar-refractivity contribution in [2.75, 3.05) is 6.61 Å². The van der Waals surface area contributed by atoms with Crippen LogP contribution < -0.4 is 4.74 Å². The number of pyridine rings is 1. The third-order valence-corrected chi connectivity index (χ3v) is 3.34. The monoisotopic (exact) mass is 232 g/mol. The average Bonchev–Trinajstić information content (AvgIpc) is 2.91. The molecule has 17 heavy (non-hydrogen) atoms. The number of aliphatic hydroxyl groups excluding tert-OH is 1. The van der Waals surface area contributed by atoms with E-state index in [1.54, 1.807) is 6.92 Å². The molecule has 0 saturated heterocycles. The maximum absolute atomic E-state index is 9.96. The van der Waals surface area contributed by atoms with Gasteiger partial charge in [0.15, 0.2) is 0 Å². The summed E-state index contributed by atoms with van der Waals surface area (Å²) in [7, 11) is 0. The summed E-state index contributed by atoms with van der Waals surface area (Å²) in [4.78, 5) is 0. The topological polar surface area (TPSA) is 46.8 Å². The van der Waals surface area contributed by atoms with Crippen LogP contribution >= 0.6 is 0 Å². The van der Waals surface area contributed by atoms with Crippen LogP contribution in [0.25, 0.3) is 5.52 Å². The Morgan fingerprint density at radius 2 is 2.41 bits per heavy atom. The molecule has 1 aliphatic rings. The van der Waals surface area contributed by atoms with E-state index in [4.69, 9.17) is 4.74 Å². The molecule has 0 aliphatic carbocycles. The molecular formula is C13H16N2O2. The minimum Gasteiger partial charge on any atom is -0.493 e. The molecule has 0 saturated carbocycles. The summed E-state index contributed by atoms with van der Waals surface area (Å²) < 4.78 is 7.43. The number of aliphatic hydroxyl groups is 1. The van der Waals surface area contributed by atoms with E-state index in [0.29, 0.717) is 0 Å². The largest absolute Gasteiger partial charge is 0.493 e. The highest BCUT2D eigenvalue weighted by Gasteiger charge is 2.23. The van der Waals surface area contributed by atoms with E-state index in [1.165, 1.54) is 5.56 Å². The molecular weight excluding hydrogens is 216 g/mol. The van der Waals surface area contributed by atoms with E-state index >= 15 is 0 Å². The van der Waals surface area contributed by atoms with E-state index in [2.05, 4.69) is 12.0 Å². The van der Waals surface area contributed by atoms with E-state index < -0.39 is 6.10 Å².